The molecule has 3 heterocycles. The molecule has 0 bridgehead atoms. The van der Waals surface area contributed by atoms with Crippen molar-refractivity contribution in [2.24, 2.45) is 5.73 Å². The fourth-order valence-electron chi connectivity index (χ4n) is 4.80. The van der Waals surface area contributed by atoms with Gasteiger partial charge in [-0.2, -0.15) is 0 Å². The third-order valence-electron chi connectivity index (χ3n) is 6.36. The van der Waals surface area contributed by atoms with Gasteiger partial charge in [0.2, 0.25) is 5.91 Å². The molecule has 156 valence electrons. The number of aromatic nitrogens is 2. The van der Waals surface area contributed by atoms with E-state index in [-0.39, 0.29) is 17.2 Å². The fourth-order valence-corrected chi connectivity index (χ4v) is 4.80. The lowest BCUT2D eigenvalue weighted by molar-refractivity contribution is -0.132. The third kappa shape index (κ3) is 4.22. The Morgan fingerprint density at radius 1 is 1.03 bits per heavy atom. The van der Waals surface area contributed by atoms with Crippen LogP contribution in [-0.2, 0) is 11.2 Å². The molecule has 2 fully saturated rings. The van der Waals surface area contributed by atoms with E-state index in [0.717, 1.165) is 25.9 Å². The summed E-state index contributed by atoms with van der Waals surface area (Å²) in [6.07, 6.45) is 6.74. The van der Waals surface area contributed by atoms with Gasteiger partial charge in [0.15, 0.2) is 0 Å². The van der Waals surface area contributed by atoms with Gasteiger partial charge in [0.1, 0.15) is 0 Å². The van der Waals surface area contributed by atoms with Crippen LogP contribution < -0.4 is 11.4 Å². The molecule has 2 aliphatic rings. The first-order chi connectivity index (χ1) is 14.0. The number of H-pyrrole nitrogens is 2. The zero-order chi connectivity index (χ0) is 20.4. The zero-order valence-corrected chi connectivity index (χ0v) is 16.7. The van der Waals surface area contributed by atoms with Gasteiger partial charge in [-0.3, -0.25) is 9.59 Å². The average Bonchev–Trinajstić information content (AvgIpc) is 3.12. The summed E-state index contributed by atoms with van der Waals surface area (Å²) >= 11 is 0. The summed E-state index contributed by atoms with van der Waals surface area (Å²) in [5.74, 6) is -0.490. The summed E-state index contributed by atoms with van der Waals surface area (Å²) < 4.78 is 0. The molecule has 0 radical (unpaired) electrons. The second kappa shape index (κ2) is 8.41. The van der Waals surface area contributed by atoms with Gasteiger partial charge in [-0.25, -0.2) is 4.79 Å². The van der Waals surface area contributed by atoms with Crippen LogP contribution in [0.15, 0.2) is 16.9 Å². The predicted octanol–water partition coefficient (Wildman–Crippen LogP) is 1.36. The normalized spacial score (nSPS) is 19.0. The minimum absolute atomic E-state index is 0.111. The number of carbonyl (C=O) groups excluding carboxylic acids is 2. The lowest BCUT2D eigenvalue weighted by atomic mass is 9.98. The number of nitrogens with one attached hydrogen (secondary N) is 2. The van der Waals surface area contributed by atoms with E-state index in [1.54, 1.807) is 12.1 Å². The number of piperidine rings is 2. The quantitative estimate of drug-likeness (QED) is 0.704. The van der Waals surface area contributed by atoms with E-state index in [9.17, 15) is 14.4 Å². The van der Waals surface area contributed by atoms with Crippen LogP contribution in [0.25, 0.3) is 11.0 Å². The van der Waals surface area contributed by atoms with Crippen LogP contribution in [0.2, 0.25) is 0 Å². The molecule has 0 spiro atoms. The molecule has 0 saturated carbocycles. The molecule has 2 aromatic rings. The highest BCUT2D eigenvalue weighted by atomic mass is 16.2. The van der Waals surface area contributed by atoms with Crippen molar-refractivity contribution in [3.8, 4) is 0 Å². The molecule has 1 aromatic heterocycles. The van der Waals surface area contributed by atoms with Gasteiger partial charge < -0.3 is 25.5 Å². The van der Waals surface area contributed by atoms with Gasteiger partial charge in [0.05, 0.1) is 16.6 Å². The Kier molecular flexibility index (Phi) is 5.71. The van der Waals surface area contributed by atoms with Gasteiger partial charge in [-0.1, -0.05) is 12.5 Å². The maximum Gasteiger partial charge on any atom is 0.323 e. The monoisotopic (exact) mass is 399 g/mol. The van der Waals surface area contributed by atoms with E-state index in [4.69, 9.17) is 5.73 Å². The maximum absolute atomic E-state index is 12.7. The number of fused-ring (bicyclic) bond motifs is 1. The van der Waals surface area contributed by atoms with E-state index in [1.165, 1.54) is 32.4 Å². The molecule has 29 heavy (non-hydrogen) atoms. The van der Waals surface area contributed by atoms with Crippen LogP contribution in [0.3, 0.4) is 0 Å². The molecule has 0 atom stereocenters. The highest BCUT2D eigenvalue weighted by Gasteiger charge is 2.27. The van der Waals surface area contributed by atoms with Crippen molar-refractivity contribution in [2.75, 3.05) is 26.2 Å². The number of hydrogen-bond donors (Lipinski definition) is 3. The smallest absolute Gasteiger partial charge is 0.323 e. The average molecular weight is 399 g/mol. The fraction of sp³-hybridized carbons (Fsp3) is 0.571. The summed E-state index contributed by atoms with van der Waals surface area (Å²) in [5, 5.41) is 0. The van der Waals surface area contributed by atoms with Crippen LogP contribution in [0.5, 0.6) is 0 Å². The molecular formula is C21H29N5O3. The lowest BCUT2D eigenvalue weighted by Gasteiger charge is -2.40. The van der Waals surface area contributed by atoms with E-state index < -0.39 is 5.91 Å². The van der Waals surface area contributed by atoms with Gasteiger partial charge in [0, 0.05) is 25.6 Å². The topological polar surface area (TPSA) is 115 Å². The predicted molar refractivity (Wildman–Crippen MR) is 111 cm³/mol. The summed E-state index contributed by atoms with van der Waals surface area (Å²) in [4.78, 5) is 46.1. The second-order valence-electron chi connectivity index (χ2n) is 8.17. The Labute approximate surface area is 169 Å². The SMILES string of the molecule is NC(=O)c1c(CCC(=O)N2CCC(N3CCCCC3)CC2)ccc2[nH]c(=O)[nH]c12. The molecule has 4 rings (SSSR count). The number of aryl methyl sites for hydroxylation is 1. The molecule has 0 unspecified atom stereocenters. The summed E-state index contributed by atoms with van der Waals surface area (Å²) in [6.45, 7) is 3.98. The number of imidazole rings is 1. The number of primary amides is 1. The first-order valence-electron chi connectivity index (χ1n) is 10.6. The highest BCUT2D eigenvalue weighted by molar-refractivity contribution is 6.05. The molecule has 4 N–H and O–H groups in total. The van der Waals surface area contributed by atoms with Crippen molar-refractivity contribution in [1.29, 1.82) is 0 Å². The number of likely N-dealkylation sites (tertiary alicyclic amines) is 2. The largest absolute Gasteiger partial charge is 0.366 e. The Bertz CT molecular complexity index is 949. The Morgan fingerprint density at radius 2 is 1.76 bits per heavy atom. The van der Waals surface area contributed by atoms with Crippen molar-refractivity contribution in [3.63, 3.8) is 0 Å². The molecule has 1 aromatic carbocycles. The number of rotatable bonds is 5. The minimum atomic E-state index is -0.601. The molecule has 2 amide bonds. The summed E-state index contributed by atoms with van der Waals surface area (Å²) in [6, 6.07) is 4.11. The number of amides is 2. The second-order valence-corrected chi connectivity index (χ2v) is 8.17. The molecule has 2 saturated heterocycles. The van der Waals surface area contributed by atoms with Crippen LogP contribution >= 0.6 is 0 Å². The van der Waals surface area contributed by atoms with Gasteiger partial charge >= 0.3 is 5.69 Å². The number of hydrogen-bond acceptors (Lipinski definition) is 4. The van der Waals surface area contributed by atoms with Crippen LogP contribution in [0.1, 0.15) is 54.4 Å². The first kappa shape index (κ1) is 19.7. The van der Waals surface area contributed by atoms with Gasteiger partial charge in [0.25, 0.3) is 5.91 Å². The molecule has 2 aliphatic heterocycles. The van der Waals surface area contributed by atoms with Crippen LogP contribution in [0.4, 0.5) is 0 Å². The number of aromatic amines is 2. The van der Waals surface area contributed by atoms with E-state index in [0.29, 0.717) is 35.5 Å². The van der Waals surface area contributed by atoms with Crippen molar-refractivity contribution in [3.05, 3.63) is 33.7 Å². The van der Waals surface area contributed by atoms with Crippen molar-refractivity contribution >= 4 is 22.8 Å². The Morgan fingerprint density at radius 3 is 2.45 bits per heavy atom. The number of carbonyl (C=O) groups is 2. The van der Waals surface area contributed by atoms with Crippen molar-refractivity contribution in [2.45, 2.75) is 51.0 Å². The third-order valence-corrected chi connectivity index (χ3v) is 6.36. The van der Waals surface area contributed by atoms with E-state index in [1.807, 2.05) is 4.90 Å². The van der Waals surface area contributed by atoms with Crippen molar-refractivity contribution < 1.29 is 9.59 Å². The molecule has 0 aliphatic carbocycles. The standard InChI is InChI=1S/C21H29N5O3/c22-20(28)18-14(4-6-16-19(18)24-21(29)23-16)5-7-17(27)26-12-8-15(9-13-26)25-10-2-1-3-11-25/h4,6,15H,1-3,5,7-13H2,(H2,22,28)(H2,23,24,29). The van der Waals surface area contributed by atoms with E-state index in [2.05, 4.69) is 14.9 Å². The minimum Gasteiger partial charge on any atom is -0.366 e. The molecule has 8 heteroatoms. The Balaban J connectivity index is 1.37. The van der Waals surface area contributed by atoms with Gasteiger partial charge in [-0.05, 0) is 56.8 Å². The molecular weight excluding hydrogens is 370 g/mol. The molecule has 8 nitrogen and oxygen atoms in total. The number of nitrogens with zero attached hydrogens (tertiary/aromatic N) is 2. The number of nitrogens with two attached hydrogens (primary N) is 1. The van der Waals surface area contributed by atoms with E-state index >= 15 is 0 Å². The zero-order valence-electron chi connectivity index (χ0n) is 16.7. The lowest BCUT2D eigenvalue weighted by Crippen LogP contribution is -2.48. The van der Waals surface area contributed by atoms with Crippen LogP contribution in [0, 0.1) is 0 Å². The highest BCUT2D eigenvalue weighted by Crippen LogP contribution is 2.23. The maximum atomic E-state index is 12.7. The summed E-state index contributed by atoms with van der Waals surface area (Å²) in [5.41, 5.74) is 7.10. The Hall–Kier alpha value is -2.61. The summed E-state index contributed by atoms with van der Waals surface area (Å²) in [7, 11) is 0. The van der Waals surface area contributed by atoms with Gasteiger partial charge in [-0.15, -0.1) is 0 Å². The van der Waals surface area contributed by atoms with Crippen LogP contribution in [-0.4, -0.2) is 63.8 Å². The first-order valence-corrected chi connectivity index (χ1v) is 10.6. The number of benzene rings is 1. The van der Waals surface area contributed by atoms with Crippen molar-refractivity contribution in [1.82, 2.24) is 19.8 Å².